The molecule has 0 amide bonds. The Kier molecular flexibility index (Phi) is 27.4. The molecule has 0 fully saturated rings. The molecule has 0 radical (unpaired) electrons. The highest BCUT2D eigenvalue weighted by Gasteiger charge is 2.04. The molecule has 0 aliphatic rings. The summed E-state index contributed by atoms with van der Waals surface area (Å²) in [4.78, 5) is 0. The Morgan fingerprint density at radius 1 is 0.400 bits per heavy atom. The first-order valence-corrected chi connectivity index (χ1v) is 19.6. The predicted octanol–water partition coefficient (Wildman–Crippen LogP) is 6.42. The Labute approximate surface area is 305 Å². The Morgan fingerprint density at radius 3 is 0.980 bits per heavy atom. The second-order valence-electron chi connectivity index (χ2n) is 12.8. The van der Waals surface area contributed by atoms with Crippen LogP contribution in [0.3, 0.4) is 0 Å². The van der Waals surface area contributed by atoms with E-state index in [1.54, 1.807) is 14.2 Å². The smallest absolute Gasteiger partial charge is 0.243 e. The molecule has 10 nitrogen and oxygen atoms in total. The van der Waals surface area contributed by atoms with Crippen molar-refractivity contribution >= 4 is 0 Å². The molecule has 0 saturated heterocycles. The molecule has 4 heterocycles. The monoisotopic (exact) mass is 701 g/mol. The van der Waals surface area contributed by atoms with Crippen molar-refractivity contribution in [2.24, 2.45) is 0 Å². The number of hydrogen-bond donors (Lipinski definition) is 0. The fourth-order valence-electron chi connectivity index (χ4n) is 5.09. The van der Waals surface area contributed by atoms with Crippen molar-refractivity contribution < 1.29 is 27.7 Å². The minimum Gasteiger partial charge on any atom is -0.381 e. The van der Waals surface area contributed by atoms with E-state index in [0.717, 1.165) is 59.0 Å². The van der Waals surface area contributed by atoms with Crippen LogP contribution in [-0.2, 0) is 61.8 Å². The van der Waals surface area contributed by atoms with E-state index in [1.807, 2.05) is 0 Å². The largest absolute Gasteiger partial charge is 0.381 e. The predicted molar refractivity (Wildman–Crippen MR) is 202 cm³/mol. The first-order valence-electron chi connectivity index (χ1n) is 19.6. The lowest BCUT2D eigenvalue weighted by Crippen LogP contribution is -2.30. The summed E-state index contributed by atoms with van der Waals surface area (Å²) in [5.74, 6) is 0. The standard InChI is InChI=1S/C11H21N2O.C10H19N2O.C10H19N2.C9H17N2/c1-3-4-5-6-12-7-8-13(11-12)9-10-14-2;1-3-4-5-11-6-7-12(10-11)8-9-13-2;1-3-5-6-7-12-9-8-11(4-2)10-12;1-3-5-6-11-8-7-10(4-2)9-11/h7-8,11H,3-6,9-10H2,1-2H3;6-7,10H,3-5,8-9H2,1-2H3;8-10H,3-7H2,1-2H3;7-9H,3-6H2,1-2H3/q4*+1. The Morgan fingerprint density at radius 2 is 0.700 bits per heavy atom. The van der Waals surface area contributed by atoms with E-state index in [2.05, 4.69) is 153 Å². The van der Waals surface area contributed by atoms with Crippen LogP contribution >= 0.6 is 0 Å². The minimum atomic E-state index is 0.780. The van der Waals surface area contributed by atoms with Gasteiger partial charge in [0.2, 0.25) is 25.3 Å². The fourth-order valence-corrected chi connectivity index (χ4v) is 5.09. The van der Waals surface area contributed by atoms with Gasteiger partial charge in [-0.1, -0.05) is 53.4 Å². The SMILES string of the molecule is CCCCC[n+]1ccn(CC)c1.CCCCC[n+]1ccn(CCOC)c1.CCCC[n+]1ccn(CC)c1.CCCC[n+]1ccn(CCOC)c1. The lowest BCUT2D eigenvalue weighted by atomic mass is 10.2. The number of nitrogens with zero attached hydrogens (tertiary/aromatic N) is 8. The van der Waals surface area contributed by atoms with Gasteiger partial charge in [-0.25, -0.2) is 36.5 Å². The quantitative estimate of drug-likeness (QED) is 0.0703. The molecule has 0 unspecified atom stereocenters. The summed E-state index contributed by atoms with van der Waals surface area (Å²) >= 11 is 0. The second kappa shape index (κ2) is 30.6. The van der Waals surface area contributed by atoms with Crippen LogP contribution in [0.1, 0.15) is 106 Å². The molecule has 0 atom stereocenters. The van der Waals surface area contributed by atoms with Crippen LogP contribution in [0, 0.1) is 0 Å². The fraction of sp³-hybridized carbons (Fsp3) is 0.700. The van der Waals surface area contributed by atoms with Gasteiger partial charge in [0.05, 0.1) is 52.5 Å². The maximum Gasteiger partial charge on any atom is 0.243 e. The molecule has 0 aliphatic heterocycles. The molecule has 0 aliphatic carbocycles. The van der Waals surface area contributed by atoms with Gasteiger partial charge in [-0.3, -0.25) is 0 Å². The Balaban J connectivity index is 0.000000335. The van der Waals surface area contributed by atoms with E-state index in [0.29, 0.717) is 0 Å². The number of methoxy groups -OCH3 is 2. The van der Waals surface area contributed by atoms with Crippen molar-refractivity contribution in [3.05, 3.63) is 74.9 Å². The zero-order valence-electron chi connectivity index (χ0n) is 33.5. The van der Waals surface area contributed by atoms with Gasteiger partial charge < -0.3 is 9.47 Å². The minimum absolute atomic E-state index is 0.780. The number of imidazole rings is 4. The summed E-state index contributed by atoms with van der Waals surface area (Å²) in [7, 11) is 3.47. The first kappa shape index (κ1) is 44.8. The Bertz CT molecular complexity index is 1270. The van der Waals surface area contributed by atoms with E-state index in [1.165, 1.54) is 70.8 Å². The van der Waals surface area contributed by atoms with Gasteiger partial charge in [-0.15, -0.1) is 0 Å². The third-order valence-corrected chi connectivity index (χ3v) is 8.40. The molecule has 284 valence electrons. The van der Waals surface area contributed by atoms with E-state index in [-0.39, 0.29) is 0 Å². The lowest BCUT2D eigenvalue weighted by molar-refractivity contribution is -0.697. The summed E-state index contributed by atoms with van der Waals surface area (Å²) in [6.07, 6.45) is 38.5. The van der Waals surface area contributed by atoms with Crippen molar-refractivity contribution in [3.8, 4) is 0 Å². The normalized spacial score (nSPS) is 10.6. The van der Waals surface area contributed by atoms with Crippen molar-refractivity contribution in [3.63, 3.8) is 0 Å². The molecular formula is C40H76N8O2+4. The van der Waals surface area contributed by atoms with Crippen molar-refractivity contribution in [1.29, 1.82) is 0 Å². The highest BCUT2D eigenvalue weighted by atomic mass is 16.5. The highest BCUT2D eigenvalue weighted by molar-refractivity contribution is 4.67. The van der Waals surface area contributed by atoms with Crippen molar-refractivity contribution in [2.45, 2.75) is 158 Å². The van der Waals surface area contributed by atoms with Crippen molar-refractivity contribution in [1.82, 2.24) is 18.3 Å². The van der Waals surface area contributed by atoms with E-state index in [4.69, 9.17) is 9.47 Å². The molecule has 4 aromatic heterocycles. The molecule has 50 heavy (non-hydrogen) atoms. The molecule has 0 saturated carbocycles. The third-order valence-electron chi connectivity index (χ3n) is 8.40. The first-order chi connectivity index (χ1) is 24.5. The van der Waals surface area contributed by atoms with Crippen LogP contribution in [0.5, 0.6) is 0 Å². The van der Waals surface area contributed by atoms with Crippen LogP contribution in [0.2, 0.25) is 0 Å². The van der Waals surface area contributed by atoms with Crippen LogP contribution < -0.4 is 18.3 Å². The molecular weight excluding hydrogens is 624 g/mol. The summed E-state index contributed by atoms with van der Waals surface area (Å²) < 4.78 is 27.7. The number of aryl methyl sites for hydroxylation is 6. The average Bonchev–Trinajstić information content (AvgIpc) is 3.97. The van der Waals surface area contributed by atoms with Crippen LogP contribution in [-0.4, -0.2) is 45.7 Å². The second-order valence-corrected chi connectivity index (χ2v) is 12.8. The molecule has 0 N–H and O–H groups in total. The van der Waals surface area contributed by atoms with Gasteiger partial charge in [0.1, 0.15) is 62.7 Å². The Hall–Kier alpha value is -3.24. The molecule has 4 rings (SSSR count). The van der Waals surface area contributed by atoms with Gasteiger partial charge in [0.25, 0.3) is 0 Å². The van der Waals surface area contributed by atoms with Crippen molar-refractivity contribution in [2.75, 3.05) is 27.4 Å². The van der Waals surface area contributed by atoms with Gasteiger partial charge in [0.15, 0.2) is 0 Å². The van der Waals surface area contributed by atoms with Crippen LogP contribution in [0.15, 0.2) is 74.9 Å². The van der Waals surface area contributed by atoms with Gasteiger partial charge in [-0.05, 0) is 52.4 Å². The van der Waals surface area contributed by atoms with Crippen LogP contribution in [0.25, 0.3) is 0 Å². The topological polar surface area (TPSA) is 53.7 Å². The summed E-state index contributed by atoms with van der Waals surface area (Å²) in [5, 5.41) is 0. The third kappa shape index (κ3) is 21.8. The van der Waals surface area contributed by atoms with Gasteiger partial charge in [0, 0.05) is 14.2 Å². The zero-order valence-corrected chi connectivity index (χ0v) is 33.5. The number of rotatable bonds is 22. The summed E-state index contributed by atoms with van der Waals surface area (Å²) in [6.45, 7) is 23.4. The van der Waals surface area contributed by atoms with Crippen LogP contribution in [0.4, 0.5) is 0 Å². The number of aromatic nitrogens is 8. The maximum atomic E-state index is 5.02. The average molecular weight is 701 g/mol. The van der Waals surface area contributed by atoms with E-state index >= 15 is 0 Å². The summed E-state index contributed by atoms with van der Waals surface area (Å²) in [6, 6.07) is 0. The zero-order chi connectivity index (χ0) is 36.7. The van der Waals surface area contributed by atoms with E-state index in [9.17, 15) is 0 Å². The molecule has 0 aromatic carbocycles. The lowest BCUT2D eigenvalue weighted by Gasteiger charge is -1.95. The molecule has 4 aromatic rings. The maximum absolute atomic E-state index is 5.02. The number of ether oxygens (including phenoxy) is 2. The molecule has 0 bridgehead atoms. The number of hydrogen-bond acceptors (Lipinski definition) is 2. The molecule has 0 spiro atoms. The number of unbranched alkanes of at least 4 members (excludes halogenated alkanes) is 6. The summed E-state index contributed by atoms with van der Waals surface area (Å²) in [5.41, 5.74) is 0. The van der Waals surface area contributed by atoms with Gasteiger partial charge >= 0.3 is 0 Å². The molecule has 10 heteroatoms. The highest BCUT2D eigenvalue weighted by Crippen LogP contribution is 1.95. The van der Waals surface area contributed by atoms with Gasteiger partial charge in [-0.2, -0.15) is 0 Å². The van der Waals surface area contributed by atoms with E-state index < -0.39 is 0 Å².